The van der Waals surface area contributed by atoms with Crippen molar-refractivity contribution >= 4 is 5.57 Å². The first kappa shape index (κ1) is 32.9. The van der Waals surface area contributed by atoms with Gasteiger partial charge in [0, 0.05) is 23.2 Å². The number of nitrogens with one attached hydrogen (secondary N) is 1. The normalized spacial score (nSPS) is 14.7. The highest BCUT2D eigenvalue weighted by Gasteiger charge is 2.37. The molecule has 246 valence electrons. The number of benzene rings is 4. The van der Waals surface area contributed by atoms with Crippen LogP contribution in [0.25, 0.3) is 39.0 Å². The number of hydrogen-bond donors (Lipinski definition) is 1. The molecular formula is C33H12F10N4O2. The lowest BCUT2D eigenvalue weighted by atomic mass is 9.90. The second-order valence-electron chi connectivity index (χ2n) is 10.6. The fourth-order valence-electron chi connectivity index (χ4n) is 5.56. The van der Waals surface area contributed by atoms with Crippen molar-refractivity contribution in [1.82, 2.24) is 5.32 Å². The maximum Gasteiger partial charge on any atom is 0.573 e. The molecule has 1 atom stereocenters. The molecule has 1 N–H and O–H groups in total. The van der Waals surface area contributed by atoms with Gasteiger partial charge in [-0.1, -0.05) is 0 Å². The summed E-state index contributed by atoms with van der Waals surface area (Å²) in [5.41, 5.74) is -0.764. The summed E-state index contributed by atoms with van der Waals surface area (Å²) in [6.07, 6.45) is -10.8. The zero-order chi connectivity index (χ0) is 35.6. The summed E-state index contributed by atoms with van der Waals surface area (Å²) in [5.74, 6) is -10.4. The van der Waals surface area contributed by atoms with Crippen LogP contribution >= 0.6 is 0 Å². The number of ether oxygens (including phenoxy) is 2. The Balaban J connectivity index is 1.61. The molecule has 0 aromatic heterocycles. The number of alkyl halides is 6. The minimum atomic E-state index is -5.40. The molecule has 6 rings (SSSR count). The van der Waals surface area contributed by atoms with E-state index >= 15 is 0 Å². The van der Waals surface area contributed by atoms with Gasteiger partial charge >= 0.3 is 12.7 Å². The molecule has 0 bridgehead atoms. The van der Waals surface area contributed by atoms with Crippen LogP contribution < -0.4 is 14.8 Å². The van der Waals surface area contributed by atoms with Gasteiger partial charge in [-0.25, -0.2) is 8.78 Å². The van der Waals surface area contributed by atoms with Gasteiger partial charge in [0.15, 0.2) is 23.1 Å². The van der Waals surface area contributed by atoms with Crippen LogP contribution in [0.1, 0.15) is 22.3 Å². The van der Waals surface area contributed by atoms with Crippen molar-refractivity contribution < 1.29 is 53.4 Å². The smallest absolute Gasteiger partial charge is 0.403 e. The van der Waals surface area contributed by atoms with E-state index in [2.05, 4.69) is 14.8 Å². The monoisotopic (exact) mass is 686 g/mol. The van der Waals surface area contributed by atoms with Crippen LogP contribution in [0, 0.1) is 57.3 Å². The van der Waals surface area contributed by atoms with Crippen LogP contribution in [0.4, 0.5) is 43.9 Å². The molecule has 1 saturated heterocycles. The van der Waals surface area contributed by atoms with Crippen molar-refractivity contribution in [2.45, 2.75) is 18.8 Å². The Morgan fingerprint density at radius 1 is 0.612 bits per heavy atom. The third-order valence-corrected chi connectivity index (χ3v) is 7.59. The highest BCUT2D eigenvalue weighted by Crippen LogP contribution is 2.51. The minimum Gasteiger partial charge on any atom is -0.403 e. The quantitative estimate of drug-likeness (QED) is 0.113. The fourth-order valence-corrected chi connectivity index (χ4v) is 5.56. The molecule has 1 unspecified atom stereocenters. The number of nitrogens with zero attached hydrogens (tertiary/aromatic N) is 3. The largest absolute Gasteiger partial charge is 0.573 e. The Morgan fingerprint density at radius 3 is 1.35 bits per heavy atom. The lowest BCUT2D eigenvalue weighted by Crippen LogP contribution is -2.18. The van der Waals surface area contributed by atoms with E-state index < -0.39 is 64.7 Å². The predicted octanol–water partition coefficient (Wildman–Crippen LogP) is 8.40. The average Bonchev–Trinajstić information content (AvgIpc) is 3.82. The van der Waals surface area contributed by atoms with Crippen LogP contribution in [0.3, 0.4) is 0 Å². The Hall–Kier alpha value is -6.05. The third kappa shape index (κ3) is 6.08. The maximum atomic E-state index is 14.5. The molecule has 4 aromatic carbocycles. The van der Waals surface area contributed by atoms with Crippen LogP contribution in [0.5, 0.6) is 11.5 Å². The van der Waals surface area contributed by atoms with E-state index in [4.69, 9.17) is 0 Å². The van der Waals surface area contributed by atoms with Crippen molar-refractivity contribution in [2.75, 3.05) is 6.54 Å². The minimum absolute atomic E-state index is 0.0871. The molecule has 0 radical (unpaired) electrons. The van der Waals surface area contributed by atoms with Gasteiger partial charge in [0.05, 0.1) is 40.9 Å². The van der Waals surface area contributed by atoms with E-state index in [1.54, 1.807) is 0 Å². The number of fused-ring (bicyclic) bond motifs is 3. The van der Waals surface area contributed by atoms with Gasteiger partial charge in [-0.05, 0) is 81.9 Å². The Kier molecular flexibility index (Phi) is 7.77. The second kappa shape index (κ2) is 11.6. The molecule has 4 aromatic rings. The molecule has 1 aliphatic carbocycles. The maximum absolute atomic E-state index is 14.5. The Bertz CT molecular complexity index is 2110. The van der Waals surface area contributed by atoms with E-state index in [9.17, 15) is 59.7 Å². The molecule has 0 spiro atoms. The van der Waals surface area contributed by atoms with Gasteiger partial charge in [-0.3, -0.25) is 0 Å². The van der Waals surface area contributed by atoms with Gasteiger partial charge in [-0.2, -0.15) is 24.6 Å². The van der Waals surface area contributed by atoms with Crippen molar-refractivity contribution in [3.63, 3.8) is 0 Å². The summed E-state index contributed by atoms with van der Waals surface area (Å²) in [4.78, 5) is 0. The number of rotatable bonds is 5. The summed E-state index contributed by atoms with van der Waals surface area (Å²) in [5, 5.41) is 33.1. The standard InChI is InChI=1S/C33H12F10N4O2/c34-24-3-13(5-27(30(24)36)48-32(38,39)40)17-7-21-19(1-15(17)9-44)20-2-16(10-45)18(8-22(20)29(21)23(11-46)26-12-47-26)14-4-25(35)31(37)28(6-14)49-33(41,42)43/h1-8,26,47H,12H2. The first-order valence-electron chi connectivity index (χ1n) is 13.6. The Morgan fingerprint density at radius 2 is 1.02 bits per heavy atom. The van der Waals surface area contributed by atoms with Gasteiger partial charge in [-0.15, -0.1) is 26.3 Å². The first-order valence-corrected chi connectivity index (χ1v) is 13.6. The van der Waals surface area contributed by atoms with E-state index in [1.807, 2.05) is 18.2 Å². The fraction of sp³-hybridized carbons (Fsp3) is 0.121. The zero-order valence-electron chi connectivity index (χ0n) is 23.8. The molecule has 1 heterocycles. The number of hydrogen-bond acceptors (Lipinski definition) is 6. The summed E-state index contributed by atoms with van der Waals surface area (Å²) in [6, 6.07) is 12.3. The molecule has 1 fully saturated rings. The van der Waals surface area contributed by atoms with E-state index in [1.165, 1.54) is 24.3 Å². The van der Waals surface area contributed by atoms with E-state index in [0.29, 0.717) is 30.8 Å². The lowest BCUT2D eigenvalue weighted by molar-refractivity contribution is -0.276. The summed E-state index contributed by atoms with van der Waals surface area (Å²) in [7, 11) is 0. The summed E-state index contributed by atoms with van der Waals surface area (Å²) < 4.78 is 143. The Labute approximate surface area is 268 Å². The number of nitriles is 3. The second-order valence-corrected chi connectivity index (χ2v) is 10.6. The van der Waals surface area contributed by atoms with Gasteiger partial charge < -0.3 is 14.8 Å². The van der Waals surface area contributed by atoms with Gasteiger partial charge in [0.1, 0.15) is 0 Å². The van der Waals surface area contributed by atoms with Gasteiger partial charge in [0.25, 0.3) is 0 Å². The van der Waals surface area contributed by atoms with E-state index in [-0.39, 0.29) is 55.7 Å². The zero-order valence-corrected chi connectivity index (χ0v) is 23.8. The van der Waals surface area contributed by atoms with Crippen LogP contribution in [0.2, 0.25) is 0 Å². The molecular weight excluding hydrogens is 674 g/mol. The molecule has 0 saturated carbocycles. The topological polar surface area (TPSA) is 112 Å². The van der Waals surface area contributed by atoms with Crippen molar-refractivity contribution in [1.29, 1.82) is 15.8 Å². The highest BCUT2D eigenvalue weighted by molar-refractivity contribution is 6.06. The predicted molar refractivity (Wildman–Crippen MR) is 149 cm³/mol. The third-order valence-electron chi connectivity index (χ3n) is 7.59. The highest BCUT2D eigenvalue weighted by atomic mass is 19.4. The SMILES string of the molecule is N#CC(=C1c2cc(-c3cc(F)c(F)c(OC(F)(F)F)c3)c(C#N)cc2-c2cc(C#N)c(-c3cc(F)c(F)c(OC(F)(F)F)c3)cc21)C1CN1. The molecule has 0 amide bonds. The molecule has 1 aliphatic heterocycles. The molecule has 16 heteroatoms. The molecule has 2 aliphatic rings. The first-order chi connectivity index (χ1) is 23.0. The lowest BCUT2D eigenvalue weighted by Gasteiger charge is -2.14. The number of halogens is 10. The van der Waals surface area contributed by atoms with Crippen molar-refractivity contribution in [3.05, 3.63) is 99.6 Å². The molecule has 6 nitrogen and oxygen atoms in total. The van der Waals surface area contributed by atoms with Gasteiger partial charge in [0.2, 0.25) is 11.6 Å². The van der Waals surface area contributed by atoms with Crippen LogP contribution in [0.15, 0.2) is 54.1 Å². The van der Waals surface area contributed by atoms with E-state index in [0.717, 1.165) is 0 Å². The van der Waals surface area contributed by atoms with Crippen molar-refractivity contribution in [2.24, 2.45) is 0 Å². The molecule has 49 heavy (non-hydrogen) atoms. The summed E-state index contributed by atoms with van der Waals surface area (Å²) >= 11 is 0. The van der Waals surface area contributed by atoms with Crippen LogP contribution in [-0.2, 0) is 0 Å². The van der Waals surface area contributed by atoms with Crippen LogP contribution in [-0.4, -0.2) is 25.3 Å². The van der Waals surface area contributed by atoms with Crippen molar-refractivity contribution in [3.8, 4) is 63.1 Å². The summed E-state index contributed by atoms with van der Waals surface area (Å²) in [6.45, 7) is 0.325. The average molecular weight is 686 g/mol.